The smallest absolute Gasteiger partial charge is 0.310 e. The second-order valence-corrected chi connectivity index (χ2v) is 10.8. The molecule has 1 aliphatic rings. The van der Waals surface area contributed by atoms with Crippen molar-refractivity contribution in [3.8, 4) is 0 Å². The highest BCUT2D eigenvalue weighted by atomic mass is 16.2. The lowest BCUT2D eigenvalue weighted by atomic mass is 10.0. The number of benzene rings is 6. The summed E-state index contributed by atoms with van der Waals surface area (Å²) in [7, 11) is 2.75. The molecule has 0 bridgehead atoms. The Morgan fingerprint density at radius 3 is 1.40 bits per heavy atom. The minimum atomic E-state index is -0.638. The zero-order valence-corrected chi connectivity index (χ0v) is 23.7. The Balaban J connectivity index is 1.32. The highest BCUT2D eigenvalue weighted by Gasteiger charge is 2.37. The molecule has 0 aromatic heterocycles. The van der Waals surface area contributed by atoms with E-state index in [4.69, 9.17) is 0 Å². The second kappa shape index (κ2) is 10.3. The van der Waals surface area contributed by atoms with E-state index in [2.05, 4.69) is 89.8 Å². The van der Waals surface area contributed by atoms with E-state index in [0.29, 0.717) is 5.56 Å². The van der Waals surface area contributed by atoms with Crippen LogP contribution in [0.15, 0.2) is 127 Å². The zero-order chi connectivity index (χ0) is 29.7. The third kappa shape index (κ3) is 4.59. The summed E-state index contributed by atoms with van der Waals surface area (Å²) in [4.78, 5) is 41.7. The van der Waals surface area contributed by atoms with Gasteiger partial charge in [0.25, 0.3) is 11.8 Å². The quantitative estimate of drug-likeness (QED) is 0.161. The number of fused-ring (bicyclic) bond motifs is 3. The van der Waals surface area contributed by atoms with Crippen LogP contribution in [-0.4, -0.2) is 41.7 Å². The Morgan fingerprint density at radius 1 is 0.488 bits per heavy atom. The van der Waals surface area contributed by atoms with Gasteiger partial charge in [-0.1, -0.05) is 78.9 Å². The van der Waals surface area contributed by atoms with Crippen molar-refractivity contribution in [1.29, 1.82) is 0 Å². The van der Waals surface area contributed by atoms with Gasteiger partial charge in [-0.3, -0.25) is 19.4 Å². The van der Waals surface area contributed by atoms with E-state index < -0.39 is 17.8 Å². The number of imide groups is 2. The van der Waals surface area contributed by atoms with E-state index >= 15 is 0 Å². The number of carbonyl (C=O) groups is 3. The summed E-state index contributed by atoms with van der Waals surface area (Å²) >= 11 is 0. The molecule has 1 heterocycles. The number of amides is 4. The zero-order valence-electron chi connectivity index (χ0n) is 23.7. The van der Waals surface area contributed by atoms with Gasteiger partial charge in [0.1, 0.15) is 5.57 Å². The van der Waals surface area contributed by atoms with Gasteiger partial charge in [-0.25, -0.2) is 4.79 Å². The molecule has 1 aliphatic heterocycles. The molecule has 1 saturated heterocycles. The first-order chi connectivity index (χ1) is 20.9. The molecule has 0 spiro atoms. The molecule has 208 valence electrons. The van der Waals surface area contributed by atoms with E-state index in [1.165, 1.54) is 24.9 Å². The lowest BCUT2D eigenvalue weighted by Gasteiger charge is -2.28. The number of hydrogen-bond donors (Lipinski definition) is 0. The fourth-order valence-electron chi connectivity index (χ4n) is 5.70. The van der Waals surface area contributed by atoms with E-state index in [0.717, 1.165) is 48.4 Å². The van der Waals surface area contributed by atoms with Gasteiger partial charge in [-0.2, -0.15) is 0 Å². The standard InChI is InChI=1S/C37H27N3O3/c1-38-35(41)34(36(42)39(2)37(38)43)20-24-11-12-30-23-33(18-15-29(30)19-24)40(31-16-13-25-7-3-5-9-27(25)21-31)32-17-14-26-8-4-6-10-28(26)22-32/h3-23H,1-2H3. The van der Waals surface area contributed by atoms with Gasteiger partial charge in [0, 0.05) is 31.2 Å². The van der Waals surface area contributed by atoms with Gasteiger partial charge in [-0.05, 0) is 86.4 Å². The molecule has 6 aromatic rings. The van der Waals surface area contributed by atoms with Gasteiger partial charge in [0.15, 0.2) is 0 Å². The Bertz CT molecular complexity index is 2040. The molecule has 0 N–H and O–H groups in total. The van der Waals surface area contributed by atoms with Crippen LogP contribution in [0.1, 0.15) is 5.56 Å². The monoisotopic (exact) mass is 561 g/mol. The normalized spacial score (nSPS) is 13.8. The number of urea groups is 1. The molecule has 6 heteroatoms. The van der Waals surface area contributed by atoms with Crippen LogP contribution in [0.4, 0.5) is 21.9 Å². The van der Waals surface area contributed by atoms with Crippen molar-refractivity contribution in [2.45, 2.75) is 0 Å². The molecule has 0 saturated carbocycles. The largest absolute Gasteiger partial charge is 0.333 e. The number of nitrogens with zero attached hydrogens (tertiary/aromatic N) is 3. The molecule has 6 nitrogen and oxygen atoms in total. The number of likely N-dealkylation sites (N-methyl/N-ethyl adjacent to an activating group) is 2. The molecule has 43 heavy (non-hydrogen) atoms. The first-order valence-electron chi connectivity index (χ1n) is 14.0. The number of hydrogen-bond acceptors (Lipinski definition) is 4. The number of barbiturate groups is 1. The highest BCUT2D eigenvalue weighted by Crippen LogP contribution is 2.38. The molecule has 1 fully saturated rings. The van der Waals surface area contributed by atoms with Crippen LogP contribution in [0.25, 0.3) is 38.4 Å². The highest BCUT2D eigenvalue weighted by molar-refractivity contribution is 6.30. The summed E-state index contributed by atoms with van der Waals surface area (Å²) in [5, 5.41) is 6.66. The fraction of sp³-hybridized carbons (Fsp3) is 0.0541. The third-order valence-corrected chi connectivity index (χ3v) is 8.04. The van der Waals surface area contributed by atoms with Crippen LogP contribution in [0.2, 0.25) is 0 Å². The average Bonchev–Trinajstić information content (AvgIpc) is 3.05. The molecule has 0 atom stereocenters. The van der Waals surface area contributed by atoms with Crippen LogP contribution in [-0.2, 0) is 9.59 Å². The number of rotatable bonds is 4. The van der Waals surface area contributed by atoms with Crippen molar-refractivity contribution in [2.24, 2.45) is 0 Å². The summed E-state index contributed by atoms with van der Waals surface area (Å²) in [5.74, 6) is -1.21. The molecule has 7 rings (SSSR count). The first-order valence-corrected chi connectivity index (χ1v) is 14.0. The van der Waals surface area contributed by atoms with Crippen molar-refractivity contribution in [3.63, 3.8) is 0 Å². The maximum Gasteiger partial charge on any atom is 0.333 e. The molecule has 0 radical (unpaired) electrons. The van der Waals surface area contributed by atoms with E-state index in [9.17, 15) is 14.4 Å². The lowest BCUT2D eigenvalue weighted by molar-refractivity contribution is -0.134. The summed E-state index contributed by atoms with van der Waals surface area (Å²) in [6, 6.07) is 41.2. The van der Waals surface area contributed by atoms with E-state index in [1.54, 1.807) is 6.08 Å². The van der Waals surface area contributed by atoms with Gasteiger partial charge in [-0.15, -0.1) is 0 Å². The topological polar surface area (TPSA) is 60.9 Å². The summed E-state index contributed by atoms with van der Waals surface area (Å²) in [6.45, 7) is 0. The number of carbonyl (C=O) groups excluding carboxylic acids is 3. The van der Waals surface area contributed by atoms with Crippen molar-refractivity contribution < 1.29 is 14.4 Å². The van der Waals surface area contributed by atoms with Gasteiger partial charge in [0.05, 0.1) is 0 Å². The minimum absolute atomic E-state index is 0.0423. The predicted molar refractivity (Wildman–Crippen MR) is 173 cm³/mol. The fourth-order valence-corrected chi connectivity index (χ4v) is 5.70. The molecule has 0 unspecified atom stereocenters. The van der Waals surface area contributed by atoms with Crippen LogP contribution < -0.4 is 4.90 Å². The molecule has 6 aromatic carbocycles. The molecular weight excluding hydrogens is 534 g/mol. The average molecular weight is 562 g/mol. The SMILES string of the molecule is CN1C(=O)C(=Cc2ccc3cc(N(c4ccc5ccccc5c4)c4ccc5ccccc5c4)ccc3c2)C(=O)N(C)C1=O. The van der Waals surface area contributed by atoms with Crippen molar-refractivity contribution >= 4 is 73.3 Å². The number of anilines is 3. The summed E-state index contributed by atoms with van der Waals surface area (Å²) in [6.07, 6.45) is 1.55. The van der Waals surface area contributed by atoms with Crippen molar-refractivity contribution in [3.05, 3.63) is 132 Å². The summed E-state index contributed by atoms with van der Waals surface area (Å²) < 4.78 is 0. The lowest BCUT2D eigenvalue weighted by Crippen LogP contribution is -2.52. The maximum absolute atomic E-state index is 12.7. The van der Waals surface area contributed by atoms with Crippen LogP contribution in [0.5, 0.6) is 0 Å². The van der Waals surface area contributed by atoms with E-state index in [-0.39, 0.29) is 5.57 Å². The third-order valence-electron chi connectivity index (χ3n) is 8.04. The minimum Gasteiger partial charge on any atom is -0.310 e. The Morgan fingerprint density at radius 2 is 0.884 bits per heavy atom. The maximum atomic E-state index is 12.7. The van der Waals surface area contributed by atoms with Crippen molar-refractivity contribution in [1.82, 2.24) is 9.80 Å². The first kappa shape index (κ1) is 26.2. The van der Waals surface area contributed by atoms with Crippen LogP contribution in [0.3, 0.4) is 0 Å². The predicted octanol–water partition coefficient (Wildman–Crippen LogP) is 8.05. The second-order valence-electron chi connectivity index (χ2n) is 10.8. The molecular formula is C37H27N3O3. The van der Waals surface area contributed by atoms with Gasteiger partial charge >= 0.3 is 6.03 Å². The van der Waals surface area contributed by atoms with Gasteiger partial charge < -0.3 is 4.90 Å². The Kier molecular flexibility index (Phi) is 6.25. The Labute approximate surface area is 248 Å². The molecule has 0 aliphatic carbocycles. The van der Waals surface area contributed by atoms with E-state index in [1.807, 2.05) is 36.4 Å². The van der Waals surface area contributed by atoms with Crippen molar-refractivity contribution in [2.75, 3.05) is 19.0 Å². The Hall–Kier alpha value is -5.75. The van der Waals surface area contributed by atoms with Crippen LogP contribution in [0, 0.1) is 0 Å². The van der Waals surface area contributed by atoms with Gasteiger partial charge in [0.2, 0.25) is 0 Å². The summed E-state index contributed by atoms with van der Waals surface area (Å²) in [5.41, 5.74) is 3.76. The molecule has 4 amide bonds. The van der Waals surface area contributed by atoms with Crippen LogP contribution >= 0.6 is 0 Å².